The monoisotopic (exact) mass is 502 g/mol. The van der Waals surface area contributed by atoms with E-state index in [2.05, 4.69) is 87.4 Å². The molecule has 194 valence electrons. The first-order valence-electron chi connectivity index (χ1n) is 14.3. The minimum Gasteiger partial charge on any atom is -0.338 e. The highest BCUT2D eigenvalue weighted by atomic mass is 15.3. The number of piperidine rings is 1. The predicted molar refractivity (Wildman–Crippen MR) is 157 cm³/mol. The topological polar surface area (TPSA) is 32.3 Å². The van der Waals surface area contributed by atoms with Crippen molar-refractivity contribution in [2.24, 2.45) is 0 Å². The summed E-state index contributed by atoms with van der Waals surface area (Å²) in [5.74, 6) is 0. The first-order chi connectivity index (χ1) is 18.7. The molecular formula is C34H38N4. The van der Waals surface area contributed by atoms with E-state index in [-0.39, 0.29) is 0 Å². The van der Waals surface area contributed by atoms with Gasteiger partial charge >= 0.3 is 0 Å². The number of aromatic nitrogens is 2. The highest BCUT2D eigenvalue weighted by Crippen LogP contribution is 2.47. The predicted octanol–water partition coefficient (Wildman–Crippen LogP) is 7.72. The second-order valence-electron chi connectivity index (χ2n) is 10.7. The van der Waals surface area contributed by atoms with Crippen LogP contribution in [0.2, 0.25) is 0 Å². The van der Waals surface area contributed by atoms with Gasteiger partial charge in [-0.3, -0.25) is 14.9 Å². The molecule has 4 aromatic rings. The summed E-state index contributed by atoms with van der Waals surface area (Å²) >= 11 is 0. The standard InChI is InChI=1S/C32H32N4.C2H6/c1-22-5-4-7-32-30(22)18-25-17-24(23-12-15-33-16-13-23)8-11-31(25)36(32)29-19-27-9-10-28(20-29)35(27)21-26-6-2-3-14-34-26;1-2/h2-8,11-17,27-29H,9-10,18-21H2,1H3;1-2H3. The highest BCUT2D eigenvalue weighted by Gasteiger charge is 2.44. The maximum absolute atomic E-state index is 4.62. The van der Waals surface area contributed by atoms with Crippen molar-refractivity contribution in [3.63, 3.8) is 0 Å². The molecule has 2 atom stereocenters. The zero-order chi connectivity index (χ0) is 26.1. The second kappa shape index (κ2) is 10.7. The Morgan fingerprint density at radius 3 is 2.29 bits per heavy atom. The van der Waals surface area contributed by atoms with E-state index in [1.54, 1.807) is 0 Å². The average molecular weight is 503 g/mol. The first-order valence-corrected chi connectivity index (χ1v) is 14.3. The second-order valence-corrected chi connectivity index (χ2v) is 10.7. The molecule has 2 aromatic carbocycles. The number of fused-ring (bicyclic) bond motifs is 4. The van der Waals surface area contributed by atoms with Gasteiger partial charge in [-0.05, 0) is 103 Å². The Morgan fingerprint density at radius 2 is 1.55 bits per heavy atom. The van der Waals surface area contributed by atoms with Crippen LogP contribution in [-0.4, -0.2) is 33.0 Å². The summed E-state index contributed by atoms with van der Waals surface area (Å²) in [6.45, 7) is 7.25. The fraction of sp³-hybridized carbons (Fsp3) is 0.353. The molecule has 2 fully saturated rings. The summed E-state index contributed by atoms with van der Waals surface area (Å²) in [6, 6.07) is 26.2. The number of nitrogens with zero attached hydrogens (tertiary/aromatic N) is 4. The third-order valence-corrected chi connectivity index (χ3v) is 8.66. The zero-order valence-electron chi connectivity index (χ0n) is 22.8. The van der Waals surface area contributed by atoms with Crippen LogP contribution >= 0.6 is 0 Å². The van der Waals surface area contributed by atoms with Gasteiger partial charge in [0.15, 0.2) is 0 Å². The minimum absolute atomic E-state index is 0.522. The molecule has 2 aromatic heterocycles. The lowest BCUT2D eigenvalue weighted by molar-refractivity contribution is 0.118. The quantitative estimate of drug-likeness (QED) is 0.286. The molecule has 0 spiro atoms. The van der Waals surface area contributed by atoms with E-state index in [1.165, 1.54) is 70.6 Å². The van der Waals surface area contributed by atoms with Gasteiger partial charge in [-0.15, -0.1) is 0 Å². The van der Waals surface area contributed by atoms with Crippen LogP contribution in [0.25, 0.3) is 11.1 Å². The van der Waals surface area contributed by atoms with Crippen molar-refractivity contribution in [2.45, 2.75) is 77.5 Å². The number of benzene rings is 2. The van der Waals surface area contributed by atoms with Crippen LogP contribution in [0.4, 0.5) is 11.4 Å². The average Bonchev–Trinajstić information content (AvgIpc) is 3.19. The van der Waals surface area contributed by atoms with Crippen molar-refractivity contribution < 1.29 is 0 Å². The van der Waals surface area contributed by atoms with Crippen molar-refractivity contribution >= 4 is 11.4 Å². The van der Waals surface area contributed by atoms with E-state index in [9.17, 15) is 0 Å². The minimum atomic E-state index is 0.522. The molecule has 0 aliphatic carbocycles. The third-order valence-electron chi connectivity index (χ3n) is 8.66. The van der Waals surface area contributed by atoms with Crippen molar-refractivity contribution in [2.75, 3.05) is 4.90 Å². The van der Waals surface area contributed by atoms with Crippen molar-refractivity contribution in [1.82, 2.24) is 14.9 Å². The summed E-state index contributed by atoms with van der Waals surface area (Å²) in [5, 5.41) is 0. The summed E-state index contributed by atoms with van der Waals surface area (Å²) in [7, 11) is 0. The van der Waals surface area contributed by atoms with Crippen LogP contribution in [0.1, 0.15) is 61.9 Å². The molecule has 2 unspecified atom stereocenters. The largest absolute Gasteiger partial charge is 0.338 e. The molecule has 4 heteroatoms. The molecule has 38 heavy (non-hydrogen) atoms. The van der Waals surface area contributed by atoms with E-state index in [1.807, 2.05) is 38.5 Å². The first kappa shape index (κ1) is 24.8. The SMILES string of the molecule is CC.Cc1cccc2c1Cc1cc(-c3ccncc3)ccc1N2C1CC2CCC(C1)N2Cc1ccccn1. The normalized spacial score (nSPS) is 21.8. The Morgan fingerprint density at radius 1 is 0.763 bits per heavy atom. The van der Waals surface area contributed by atoms with E-state index < -0.39 is 0 Å². The molecular weight excluding hydrogens is 464 g/mol. The zero-order valence-corrected chi connectivity index (χ0v) is 22.8. The highest BCUT2D eigenvalue weighted by molar-refractivity contribution is 5.79. The van der Waals surface area contributed by atoms with Crippen LogP contribution < -0.4 is 4.90 Å². The van der Waals surface area contributed by atoms with E-state index >= 15 is 0 Å². The Balaban J connectivity index is 0.00000129. The molecule has 5 heterocycles. The summed E-state index contributed by atoms with van der Waals surface area (Å²) in [4.78, 5) is 14.3. The molecule has 0 radical (unpaired) electrons. The van der Waals surface area contributed by atoms with Gasteiger partial charge in [0.1, 0.15) is 0 Å². The van der Waals surface area contributed by atoms with Gasteiger partial charge in [0.2, 0.25) is 0 Å². The smallest absolute Gasteiger partial charge is 0.0544 e. The van der Waals surface area contributed by atoms with Crippen molar-refractivity contribution in [3.05, 3.63) is 108 Å². The number of pyridine rings is 2. The van der Waals surface area contributed by atoms with Crippen LogP contribution in [0, 0.1) is 6.92 Å². The van der Waals surface area contributed by atoms with Crippen molar-refractivity contribution in [1.29, 1.82) is 0 Å². The van der Waals surface area contributed by atoms with Crippen LogP contribution in [0.15, 0.2) is 85.3 Å². The van der Waals surface area contributed by atoms with Crippen LogP contribution in [0.3, 0.4) is 0 Å². The van der Waals surface area contributed by atoms with Gasteiger partial charge in [0.25, 0.3) is 0 Å². The number of hydrogen-bond donors (Lipinski definition) is 0. The fourth-order valence-electron chi connectivity index (χ4n) is 6.94. The summed E-state index contributed by atoms with van der Waals surface area (Å²) in [5.41, 5.74) is 10.8. The molecule has 7 rings (SSSR count). The van der Waals surface area contributed by atoms with Crippen LogP contribution in [0.5, 0.6) is 0 Å². The molecule has 4 nitrogen and oxygen atoms in total. The molecule has 3 aliphatic rings. The van der Waals surface area contributed by atoms with Crippen molar-refractivity contribution in [3.8, 4) is 11.1 Å². The summed E-state index contributed by atoms with van der Waals surface area (Å²) < 4.78 is 0. The number of hydrogen-bond acceptors (Lipinski definition) is 4. The number of aryl methyl sites for hydroxylation is 1. The van der Waals surface area contributed by atoms with E-state index in [0.717, 1.165) is 13.0 Å². The molecule has 2 saturated heterocycles. The molecule has 0 N–H and O–H groups in total. The van der Waals surface area contributed by atoms with Gasteiger partial charge in [-0.2, -0.15) is 0 Å². The van der Waals surface area contributed by atoms with E-state index in [4.69, 9.17) is 0 Å². The Kier molecular flexibility index (Phi) is 6.99. The lowest BCUT2D eigenvalue weighted by Gasteiger charge is -2.46. The Labute approximate surface area is 227 Å². The molecule has 3 aliphatic heterocycles. The Bertz CT molecular complexity index is 1370. The Hall–Kier alpha value is -3.50. The number of anilines is 2. The lowest BCUT2D eigenvalue weighted by atomic mass is 9.87. The van der Waals surface area contributed by atoms with Gasteiger partial charge in [-0.25, -0.2) is 0 Å². The fourth-order valence-corrected chi connectivity index (χ4v) is 6.94. The van der Waals surface area contributed by atoms with Gasteiger partial charge in [-0.1, -0.05) is 38.1 Å². The maximum atomic E-state index is 4.62. The third kappa shape index (κ3) is 4.52. The maximum Gasteiger partial charge on any atom is 0.0544 e. The number of rotatable bonds is 4. The van der Waals surface area contributed by atoms with Gasteiger partial charge in [0.05, 0.1) is 5.69 Å². The molecule has 0 amide bonds. The van der Waals surface area contributed by atoms with Gasteiger partial charge < -0.3 is 4.90 Å². The molecule has 0 saturated carbocycles. The van der Waals surface area contributed by atoms with Gasteiger partial charge in [0, 0.05) is 61.1 Å². The molecule has 2 bridgehead atoms. The van der Waals surface area contributed by atoms with E-state index in [0.29, 0.717) is 18.1 Å². The summed E-state index contributed by atoms with van der Waals surface area (Å²) in [6.07, 6.45) is 11.7. The van der Waals surface area contributed by atoms with Crippen LogP contribution in [-0.2, 0) is 13.0 Å². The lowest BCUT2D eigenvalue weighted by Crippen LogP contribution is -2.49.